The zero-order valence-electron chi connectivity index (χ0n) is 17.3. The van der Waals surface area contributed by atoms with Crippen molar-refractivity contribution < 1.29 is 9.21 Å². The molecule has 160 valence electrons. The predicted octanol–water partition coefficient (Wildman–Crippen LogP) is 3.87. The van der Waals surface area contributed by atoms with Crippen LogP contribution in [0.2, 0.25) is 0 Å². The number of rotatable bonds is 4. The number of hydrogen-bond acceptors (Lipinski definition) is 4. The second kappa shape index (κ2) is 7.52. The van der Waals surface area contributed by atoms with Crippen LogP contribution in [-0.4, -0.2) is 57.7 Å². The van der Waals surface area contributed by atoms with Gasteiger partial charge in [-0.25, -0.2) is 0 Å². The van der Waals surface area contributed by atoms with Gasteiger partial charge < -0.3 is 9.32 Å². The monoisotopic (exact) mass is 472 g/mol. The predicted molar refractivity (Wildman–Crippen MR) is 116 cm³/mol. The maximum atomic E-state index is 13.0. The van der Waals surface area contributed by atoms with Gasteiger partial charge in [0.15, 0.2) is 5.76 Å². The molecular formula is C23H29BrN4O2. The van der Waals surface area contributed by atoms with E-state index < -0.39 is 0 Å². The van der Waals surface area contributed by atoms with E-state index in [0.717, 1.165) is 66.1 Å². The van der Waals surface area contributed by atoms with Crippen LogP contribution in [-0.2, 0) is 6.54 Å². The van der Waals surface area contributed by atoms with Crippen LogP contribution in [0.5, 0.6) is 0 Å². The van der Waals surface area contributed by atoms with Gasteiger partial charge in [-0.15, -0.1) is 0 Å². The standard InChI is InChI=1S/C23H29BrN4O2/c24-19-12-25-28(13-19)14-20-1-2-21(30-20)23(29)27-5-3-26(4-6-27)22-17-8-15-7-16(10-17)11-18(22)9-15/h1-2,12-13,15-18,22H,3-11,14H2. The Morgan fingerprint density at radius 2 is 1.73 bits per heavy atom. The van der Waals surface area contributed by atoms with Crippen LogP contribution in [0.4, 0.5) is 0 Å². The summed E-state index contributed by atoms with van der Waals surface area (Å²) in [7, 11) is 0. The van der Waals surface area contributed by atoms with Crippen LogP contribution in [0.25, 0.3) is 0 Å². The summed E-state index contributed by atoms with van der Waals surface area (Å²) in [5.74, 6) is 5.08. The summed E-state index contributed by atoms with van der Waals surface area (Å²) >= 11 is 3.40. The van der Waals surface area contributed by atoms with E-state index in [4.69, 9.17) is 4.42 Å². The molecule has 0 atom stereocenters. The highest BCUT2D eigenvalue weighted by Gasteiger charge is 2.50. The van der Waals surface area contributed by atoms with Crippen molar-refractivity contribution in [3.63, 3.8) is 0 Å². The molecule has 6 nitrogen and oxygen atoms in total. The van der Waals surface area contributed by atoms with Gasteiger partial charge in [0.1, 0.15) is 5.76 Å². The fraction of sp³-hybridized carbons (Fsp3) is 0.652. The molecule has 0 radical (unpaired) electrons. The van der Waals surface area contributed by atoms with Crippen LogP contribution >= 0.6 is 15.9 Å². The van der Waals surface area contributed by atoms with Crippen molar-refractivity contribution in [1.82, 2.24) is 19.6 Å². The van der Waals surface area contributed by atoms with E-state index in [-0.39, 0.29) is 5.91 Å². The van der Waals surface area contributed by atoms with Crippen molar-refractivity contribution in [3.05, 3.63) is 40.5 Å². The first-order valence-electron chi connectivity index (χ1n) is 11.4. The third-order valence-corrected chi connectivity index (χ3v) is 8.40. The highest BCUT2D eigenvalue weighted by atomic mass is 79.9. The van der Waals surface area contributed by atoms with E-state index in [1.807, 2.05) is 17.2 Å². The number of furan rings is 1. The lowest BCUT2D eigenvalue weighted by Crippen LogP contribution is -2.60. The number of halogens is 1. The Bertz CT molecular complexity index is 901. The van der Waals surface area contributed by atoms with Crippen molar-refractivity contribution in [2.45, 2.75) is 44.7 Å². The first kappa shape index (κ1) is 19.1. The highest BCUT2D eigenvalue weighted by Crippen LogP contribution is 2.55. The van der Waals surface area contributed by atoms with Crippen molar-refractivity contribution in [1.29, 1.82) is 0 Å². The van der Waals surface area contributed by atoms with Gasteiger partial charge in [0.25, 0.3) is 5.91 Å². The molecule has 0 unspecified atom stereocenters. The number of hydrogen-bond donors (Lipinski definition) is 0. The molecule has 0 aromatic carbocycles. The molecule has 5 fully saturated rings. The van der Waals surface area contributed by atoms with Crippen molar-refractivity contribution in [2.75, 3.05) is 26.2 Å². The van der Waals surface area contributed by atoms with Gasteiger partial charge >= 0.3 is 0 Å². The van der Waals surface area contributed by atoms with Crippen molar-refractivity contribution in [2.24, 2.45) is 23.7 Å². The van der Waals surface area contributed by atoms with Gasteiger partial charge in [-0.05, 0) is 83.8 Å². The van der Waals surface area contributed by atoms with Crippen LogP contribution in [0.15, 0.2) is 33.4 Å². The Hall–Kier alpha value is -1.60. The lowest BCUT2D eigenvalue weighted by Gasteiger charge is -2.58. The molecule has 2 aromatic rings. The summed E-state index contributed by atoms with van der Waals surface area (Å²) in [5, 5.41) is 4.25. The summed E-state index contributed by atoms with van der Waals surface area (Å²) < 4.78 is 8.58. The molecule has 5 aliphatic rings. The summed E-state index contributed by atoms with van der Waals surface area (Å²) in [5.41, 5.74) is 0. The first-order chi connectivity index (χ1) is 14.6. The molecule has 1 aliphatic heterocycles. The fourth-order valence-corrected chi connectivity index (χ4v) is 7.36. The van der Waals surface area contributed by atoms with Crippen LogP contribution in [0.3, 0.4) is 0 Å². The summed E-state index contributed by atoms with van der Waals surface area (Å²) in [4.78, 5) is 17.7. The molecule has 4 saturated carbocycles. The number of piperazine rings is 1. The first-order valence-corrected chi connectivity index (χ1v) is 12.2. The van der Waals surface area contributed by atoms with Crippen LogP contribution < -0.4 is 0 Å². The smallest absolute Gasteiger partial charge is 0.289 e. The number of carbonyl (C=O) groups excluding carboxylic acids is 1. The molecule has 4 aliphatic carbocycles. The topological polar surface area (TPSA) is 54.5 Å². The molecular weight excluding hydrogens is 444 g/mol. The van der Waals surface area contributed by atoms with Gasteiger partial charge in [-0.3, -0.25) is 14.4 Å². The molecule has 30 heavy (non-hydrogen) atoms. The zero-order chi connectivity index (χ0) is 20.2. The molecule has 0 N–H and O–H groups in total. The highest BCUT2D eigenvalue weighted by molar-refractivity contribution is 9.10. The van der Waals surface area contributed by atoms with Gasteiger partial charge in [0, 0.05) is 38.4 Å². The van der Waals surface area contributed by atoms with E-state index in [1.54, 1.807) is 16.9 Å². The molecule has 0 spiro atoms. The molecule has 2 aromatic heterocycles. The number of aromatic nitrogens is 2. The van der Waals surface area contributed by atoms with Crippen molar-refractivity contribution >= 4 is 21.8 Å². The average molecular weight is 473 g/mol. The maximum absolute atomic E-state index is 13.0. The molecule has 1 amide bonds. The minimum absolute atomic E-state index is 0.0210. The SMILES string of the molecule is O=C(c1ccc(Cn2cc(Br)cn2)o1)N1CCN(C2C3CC4CC(C3)CC2C4)CC1. The van der Waals surface area contributed by atoms with Gasteiger partial charge in [-0.1, -0.05) is 0 Å². The summed E-state index contributed by atoms with van der Waals surface area (Å²) in [6.45, 7) is 4.16. The van der Waals surface area contributed by atoms with Crippen molar-refractivity contribution in [3.8, 4) is 0 Å². The second-order valence-electron chi connectivity index (χ2n) is 9.87. The largest absolute Gasteiger partial charge is 0.454 e. The Morgan fingerprint density at radius 1 is 1.03 bits per heavy atom. The Balaban J connectivity index is 1.07. The van der Waals surface area contributed by atoms with Gasteiger partial charge in [-0.2, -0.15) is 5.10 Å². The van der Waals surface area contributed by atoms with E-state index in [9.17, 15) is 4.79 Å². The molecule has 7 heteroatoms. The Labute approximate surface area is 185 Å². The van der Waals surface area contributed by atoms with Gasteiger partial charge in [0.2, 0.25) is 0 Å². The van der Waals surface area contributed by atoms with E-state index in [2.05, 4.69) is 25.9 Å². The molecule has 4 bridgehead atoms. The zero-order valence-corrected chi connectivity index (χ0v) is 18.8. The summed E-state index contributed by atoms with van der Waals surface area (Å²) in [6.07, 6.45) is 11.0. The number of nitrogens with zero attached hydrogens (tertiary/aromatic N) is 4. The van der Waals surface area contributed by atoms with Crippen LogP contribution in [0.1, 0.15) is 48.4 Å². The normalized spacial score (nSPS) is 33.4. The number of amides is 1. The lowest BCUT2D eigenvalue weighted by atomic mass is 9.54. The lowest BCUT2D eigenvalue weighted by molar-refractivity contribution is -0.0744. The number of carbonyl (C=O) groups is 1. The fourth-order valence-electron chi connectivity index (χ4n) is 7.03. The Morgan fingerprint density at radius 3 is 2.37 bits per heavy atom. The Kier molecular flexibility index (Phi) is 4.79. The third kappa shape index (κ3) is 3.44. The second-order valence-corrected chi connectivity index (χ2v) is 10.8. The van der Waals surface area contributed by atoms with E-state index >= 15 is 0 Å². The average Bonchev–Trinajstić information content (AvgIpc) is 3.36. The molecule has 3 heterocycles. The third-order valence-electron chi connectivity index (χ3n) is 7.99. The molecule has 1 saturated heterocycles. The van der Waals surface area contributed by atoms with Gasteiger partial charge in [0.05, 0.1) is 17.2 Å². The minimum atomic E-state index is 0.0210. The molecule has 7 rings (SSSR count). The van der Waals surface area contributed by atoms with E-state index in [0.29, 0.717) is 12.3 Å². The maximum Gasteiger partial charge on any atom is 0.289 e. The minimum Gasteiger partial charge on any atom is -0.454 e. The summed E-state index contributed by atoms with van der Waals surface area (Å²) in [6, 6.07) is 4.47. The van der Waals surface area contributed by atoms with E-state index in [1.165, 1.54) is 32.1 Å². The van der Waals surface area contributed by atoms with Crippen LogP contribution in [0, 0.1) is 23.7 Å². The quantitative estimate of drug-likeness (QED) is 0.677.